The number of aliphatic hydroxyl groups excluding tert-OH is 1. The summed E-state index contributed by atoms with van der Waals surface area (Å²) < 4.78 is 25.0. The third-order valence-electron chi connectivity index (χ3n) is 8.96. The lowest BCUT2D eigenvalue weighted by Gasteiger charge is -2.45. The van der Waals surface area contributed by atoms with Gasteiger partial charge in [0, 0.05) is 43.3 Å². The number of nitrogens with zero attached hydrogens (tertiary/aromatic N) is 1. The summed E-state index contributed by atoms with van der Waals surface area (Å²) in [7, 11) is 3.33. The van der Waals surface area contributed by atoms with Crippen molar-refractivity contribution in [1.29, 1.82) is 0 Å². The average molecular weight is 638 g/mol. The lowest BCUT2D eigenvalue weighted by molar-refractivity contribution is -0.263. The first-order chi connectivity index (χ1) is 23.0. The van der Waals surface area contributed by atoms with E-state index in [0.717, 1.165) is 53.3 Å². The summed E-state index contributed by atoms with van der Waals surface area (Å²) in [5.41, 5.74) is 6.93. The number of hydrogen-bond donors (Lipinski definition) is 3. The van der Waals surface area contributed by atoms with E-state index in [-0.39, 0.29) is 30.8 Å². The molecule has 4 unspecified atom stereocenters. The van der Waals surface area contributed by atoms with Crippen LogP contribution < -0.4 is 20.1 Å². The molecule has 0 radical (unpaired) electrons. The van der Waals surface area contributed by atoms with Crippen molar-refractivity contribution in [2.75, 3.05) is 39.2 Å². The summed E-state index contributed by atoms with van der Waals surface area (Å²) in [5, 5.41) is 15.4. The van der Waals surface area contributed by atoms with Crippen LogP contribution >= 0.6 is 0 Å². The van der Waals surface area contributed by atoms with Gasteiger partial charge in [-0.2, -0.15) is 0 Å². The lowest BCUT2D eigenvalue weighted by Crippen LogP contribution is -2.45. The third-order valence-corrected chi connectivity index (χ3v) is 8.96. The summed E-state index contributed by atoms with van der Waals surface area (Å²) >= 11 is 0. The van der Waals surface area contributed by atoms with Crippen molar-refractivity contribution < 1.29 is 28.8 Å². The first-order valence-corrected chi connectivity index (χ1v) is 16.2. The van der Waals surface area contributed by atoms with E-state index in [9.17, 15) is 9.90 Å². The number of hydrogen-bond acceptors (Lipinski definition) is 7. The Morgan fingerprint density at radius 3 is 2.30 bits per heavy atom. The maximum atomic E-state index is 12.3. The molecule has 1 fully saturated rings. The number of amides is 2. The molecule has 2 aliphatic heterocycles. The Morgan fingerprint density at radius 2 is 1.60 bits per heavy atom. The smallest absolute Gasteiger partial charge is 0.319 e. The van der Waals surface area contributed by atoms with Crippen LogP contribution in [0.25, 0.3) is 0 Å². The fourth-order valence-corrected chi connectivity index (χ4v) is 6.62. The maximum Gasteiger partial charge on any atom is 0.319 e. The Bertz CT molecular complexity index is 1650. The molecule has 4 aromatic carbocycles. The molecule has 246 valence electrons. The van der Waals surface area contributed by atoms with E-state index < -0.39 is 6.29 Å². The van der Waals surface area contributed by atoms with Crippen molar-refractivity contribution in [2.24, 2.45) is 0 Å². The highest BCUT2D eigenvalue weighted by Crippen LogP contribution is 2.47. The topological polar surface area (TPSA) is 102 Å². The highest BCUT2D eigenvalue weighted by Gasteiger charge is 2.43. The monoisotopic (exact) mass is 637 g/mol. The Kier molecular flexibility index (Phi) is 10.4. The molecule has 1 saturated heterocycles. The molecule has 0 saturated carbocycles. The molecule has 3 N–H and O–H groups in total. The number of fused-ring (bicyclic) bond motifs is 1. The largest absolute Gasteiger partial charge is 0.493 e. The normalized spacial score (nSPS) is 21.0. The number of carbonyl (C=O) groups excluding carboxylic acids is 1. The SMILES string of the molecule is CCNC(=O)Nc1cccc(C2OC(CN3CCc4cc(OC)c(OC)cc4C3)C(c3ccccc3)C(c3ccc(CO)cc3)O2)c1. The summed E-state index contributed by atoms with van der Waals surface area (Å²) in [4.78, 5) is 14.7. The quantitative estimate of drug-likeness (QED) is 0.187. The van der Waals surface area contributed by atoms with Gasteiger partial charge in [0.2, 0.25) is 0 Å². The molecule has 0 spiro atoms. The van der Waals surface area contributed by atoms with Crippen molar-refractivity contribution >= 4 is 11.7 Å². The molecular formula is C38H43N3O6. The summed E-state index contributed by atoms with van der Waals surface area (Å²) in [6.07, 6.45) is -0.367. The van der Waals surface area contributed by atoms with Gasteiger partial charge in [0.25, 0.3) is 0 Å². The van der Waals surface area contributed by atoms with Crippen LogP contribution in [0.4, 0.5) is 10.5 Å². The molecule has 6 rings (SSSR count). The number of rotatable bonds is 10. The molecule has 2 aliphatic rings. The molecule has 2 heterocycles. The van der Waals surface area contributed by atoms with E-state index in [4.69, 9.17) is 18.9 Å². The molecule has 9 nitrogen and oxygen atoms in total. The summed E-state index contributed by atoms with van der Waals surface area (Å²) in [6.45, 7) is 4.68. The Labute approximate surface area is 276 Å². The summed E-state index contributed by atoms with van der Waals surface area (Å²) in [5.74, 6) is 1.36. The zero-order valence-electron chi connectivity index (χ0n) is 27.1. The third kappa shape index (κ3) is 7.44. The number of methoxy groups -OCH3 is 2. The highest BCUT2D eigenvalue weighted by atomic mass is 16.7. The van der Waals surface area contributed by atoms with Gasteiger partial charge < -0.3 is 34.7 Å². The van der Waals surface area contributed by atoms with Crippen LogP contribution in [-0.2, 0) is 29.0 Å². The van der Waals surface area contributed by atoms with Crippen LogP contribution in [-0.4, -0.2) is 56.0 Å². The lowest BCUT2D eigenvalue weighted by atomic mass is 9.82. The second-order valence-corrected chi connectivity index (χ2v) is 12.0. The van der Waals surface area contributed by atoms with Crippen molar-refractivity contribution in [3.8, 4) is 11.5 Å². The van der Waals surface area contributed by atoms with Gasteiger partial charge in [0.15, 0.2) is 17.8 Å². The van der Waals surface area contributed by atoms with Crippen molar-refractivity contribution in [1.82, 2.24) is 10.2 Å². The Morgan fingerprint density at radius 1 is 0.872 bits per heavy atom. The van der Waals surface area contributed by atoms with Crippen LogP contribution in [0.2, 0.25) is 0 Å². The fourth-order valence-electron chi connectivity index (χ4n) is 6.62. The van der Waals surface area contributed by atoms with E-state index in [1.165, 1.54) is 11.1 Å². The van der Waals surface area contributed by atoms with Gasteiger partial charge >= 0.3 is 6.03 Å². The van der Waals surface area contributed by atoms with Gasteiger partial charge in [0.05, 0.1) is 33.0 Å². The molecule has 4 atom stereocenters. The van der Waals surface area contributed by atoms with Crippen LogP contribution in [0, 0.1) is 0 Å². The predicted octanol–water partition coefficient (Wildman–Crippen LogP) is 6.33. The first kappa shape index (κ1) is 32.5. The van der Waals surface area contributed by atoms with Crippen molar-refractivity contribution in [2.45, 2.75) is 50.9 Å². The van der Waals surface area contributed by atoms with E-state index in [1.54, 1.807) is 14.2 Å². The number of benzene rings is 4. The van der Waals surface area contributed by atoms with Gasteiger partial charge in [-0.1, -0.05) is 66.7 Å². The predicted molar refractivity (Wildman–Crippen MR) is 181 cm³/mol. The molecule has 9 heteroatoms. The molecule has 0 bridgehead atoms. The van der Waals surface area contributed by atoms with Crippen LogP contribution in [0.3, 0.4) is 0 Å². The van der Waals surface area contributed by atoms with Gasteiger partial charge in [0.1, 0.15) is 0 Å². The minimum atomic E-state index is -0.681. The fraction of sp³-hybridized carbons (Fsp3) is 0.342. The second kappa shape index (κ2) is 15.0. The second-order valence-electron chi connectivity index (χ2n) is 12.0. The van der Waals surface area contributed by atoms with Gasteiger partial charge in [-0.3, -0.25) is 4.90 Å². The standard InChI is InChI=1S/C38H43N3O6/c1-4-39-38(43)40-31-12-8-11-29(19-31)37-46-34(23-41-18-17-28-20-32(44-2)33(45-3)21-30(28)22-41)35(26-9-6-5-7-10-26)36(47-37)27-15-13-25(24-42)14-16-27/h5-16,19-21,34-37,42H,4,17-18,22-24H2,1-3H3,(H2,39,40,43). The minimum Gasteiger partial charge on any atom is -0.493 e. The van der Waals surface area contributed by atoms with Crippen LogP contribution in [0.5, 0.6) is 11.5 Å². The molecule has 2 amide bonds. The molecular weight excluding hydrogens is 594 g/mol. The number of urea groups is 1. The number of carbonyl (C=O) groups is 1. The molecule has 4 aromatic rings. The van der Waals surface area contributed by atoms with E-state index in [1.807, 2.05) is 61.5 Å². The van der Waals surface area contributed by atoms with Crippen LogP contribution in [0.15, 0.2) is 91.0 Å². The number of anilines is 1. The van der Waals surface area contributed by atoms with E-state index in [0.29, 0.717) is 18.8 Å². The highest BCUT2D eigenvalue weighted by molar-refractivity contribution is 5.89. The molecule has 0 aromatic heterocycles. The zero-order chi connectivity index (χ0) is 32.8. The average Bonchev–Trinajstić information content (AvgIpc) is 3.11. The number of ether oxygens (including phenoxy) is 4. The van der Waals surface area contributed by atoms with Crippen molar-refractivity contribution in [3.05, 3.63) is 124 Å². The first-order valence-electron chi connectivity index (χ1n) is 16.2. The molecule has 47 heavy (non-hydrogen) atoms. The van der Waals surface area contributed by atoms with E-state index in [2.05, 4.69) is 51.9 Å². The Hall–Kier alpha value is -4.41. The van der Waals surface area contributed by atoms with Crippen LogP contribution in [0.1, 0.15) is 58.6 Å². The zero-order valence-corrected chi connectivity index (χ0v) is 27.1. The Balaban J connectivity index is 1.35. The molecule has 0 aliphatic carbocycles. The van der Waals surface area contributed by atoms with Crippen molar-refractivity contribution in [3.63, 3.8) is 0 Å². The van der Waals surface area contributed by atoms with Gasteiger partial charge in [-0.25, -0.2) is 4.79 Å². The number of nitrogens with one attached hydrogen (secondary N) is 2. The summed E-state index contributed by atoms with van der Waals surface area (Å²) in [6, 6.07) is 29.9. The number of aliphatic hydroxyl groups is 1. The van der Waals surface area contributed by atoms with E-state index >= 15 is 0 Å². The maximum absolute atomic E-state index is 12.3. The van der Waals surface area contributed by atoms with Gasteiger partial charge in [-0.15, -0.1) is 0 Å². The minimum absolute atomic E-state index is 0.0270. The van der Waals surface area contributed by atoms with Gasteiger partial charge in [-0.05, 0) is 65.4 Å².